The van der Waals surface area contributed by atoms with Crippen LogP contribution in [0.15, 0.2) is 0 Å². The molecule has 8 heteroatoms. The number of esters is 1. The van der Waals surface area contributed by atoms with Crippen LogP contribution in [0.2, 0.25) is 0 Å². The second kappa shape index (κ2) is 8.72. The summed E-state index contributed by atoms with van der Waals surface area (Å²) in [5.74, 6) is -1.99. The molecular weight excluding hydrogens is 362 g/mol. The van der Waals surface area contributed by atoms with Crippen molar-refractivity contribution >= 4 is 23.7 Å². The van der Waals surface area contributed by atoms with Gasteiger partial charge in [0.15, 0.2) is 6.61 Å². The number of nitrogens with zero attached hydrogens (tertiary/aromatic N) is 2. The van der Waals surface area contributed by atoms with Gasteiger partial charge in [0.1, 0.15) is 5.54 Å². The zero-order valence-corrected chi connectivity index (χ0v) is 16.1. The molecule has 2 atom stereocenters. The summed E-state index contributed by atoms with van der Waals surface area (Å²) in [5.41, 5.74) is -0.869. The highest BCUT2D eigenvalue weighted by Crippen LogP contribution is 2.38. The molecule has 3 fully saturated rings. The lowest BCUT2D eigenvalue weighted by molar-refractivity contribution is -0.150. The fourth-order valence-electron chi connectivity index (χ4n) is 4.60. The van der Waals surface area contributed by atoms with Gasteiger partial charge in [0.25, 0.3) is 5.91 Å². The molecule has 0 unspecified atom stereocenters. The maximum atomic E-state index is 12.4. The first-order chi connectivity index (χ1) is 13.5. The highest BCUT2D eigenvalue weighted by molar-refractivity contribution is 6.05. The van der Waals surface area contributed by atoms with Crippen LogP contribution in [-0.2, 0) is 23.9 Å². The minimum Gasteiger partial charge on any atom is -0.456 e. The quantitative estimate of drug-likeness (QED) is 0.543. The summed E-state index contributed by atoms with van der Waals surface area (Å²) >= 11 is 0. The second-order valence-electron chi connectivity index (χ2n) is 8.04. The lowest BCUT2D eigenvalue weighted by Gasteiger charge is -2.31. The predicted molar refractivity (Wildman–Crippen MR) is 97.3 cm³/mol. The van der Waals surface area contributed by atoms with E-state index in [4.69, 9.17) is 4.74 Å². The fraction of sp³-hybridized carbons (Fsp3) is 0.750. The van der Waals surface area contributed by atoms with Crippen molar-refractivity contribution in [1.82, 2.24) is 10.2 Å². The molecule has 8 nitrogen and oxygen atoms in total. The lowest BCUT2D eigenvalue weighted by Crippen LogP contribution is -2.50. The van der Waals surface area contributed by atoms with Crippen molar-refractivity contribution < 1.29 is 23.9 Å². The third-order valence-electron chi connectivity index (χ3n) is 6.14. The molecule has 0 aromatic carbocycles. The molecule has 0 radical (unpaired) electrons. The number of ether oxygens (including phenoxy) is 1. The first kappa shape index (κ1) is 20.3. The van der Waals surface area contributed by atoms with Crippen LogP contribution >= 0.6 is 0 Å². The van der Waals surface area contributed by atoms with Crippen molar-refractivity contribution in [1.29, 1.82) is 5.26 Å². The molecule has 2 saturated carbocycles. The number of rotatable bonds is 6. The molecule has 3 rings (SSSR count). The minimum atomic E-state index is -0.869. The summed E-state index contributed by atoms with van der Waals surface area (Å²) < 4.78 is 4.97. The number of likely N-dealkylation sites (tertiary alicyclic amines) is 1. The summed E-state index contributed by atoms with van der Waals surface area (Å²) in [4.78, 5) is 49.9. The Morgan fingerprint density at radius 3 is 2.25 bits per heavy atom. The van der Waals surface area contributed by atoms with Gasteiger partial charge in [0, 0.05) is 6.54 Å². The van der Waals surface area contributed by atoms with E-state index in [1.54, 1.807) is 0 Å². The topological polar surface area (TPSA) is 117 Å². The SMILES string of the molecule is N#CC1(NC(=O)COC(=O)CCN2C(=O)[C@@H]3CCCC[C@H]3C2=O)CCCCC1. The summed E-state index contributed by atoms with van der Waals surface area (Å²) in [6.07, 6.45) is 7.26. The van der Waals surface area contributed by atoms with Crippen LogP contribution in [0, 0.1) is 23.2 Å². The number of amides is 3. The largest absolute Gasteiger partial charge is 0.456 e. The summed E-state index contributed by atoms with van der Waals surface area (Å²) in [7, 11) is 0. The molecule has 152 valence electrons. The number of carbonyl (C=O) groups is 4. The van der Waals surface area contributed by atoms with E-state index < -0.39 is 24.0 Å². The molecule has 1 heterocycles. The average molecular weight is 389 g/mol. The van der Waals surface area contributed by atoms with E-state index in [1.807, 2.05) is 0 Å². The van der Waals surface area contributed by atoms with Gasteiger partial charge < -0.3 is 10.1 Å². The Kier molecular flexibility index (Phi) is 6.32. The first-order valence-corrected chi connectivity index (χ1v) is 10.2. The summed E-state index contributed by atoms with van der Waals surface area (Å²) in [6.45, 7) is -0.470. The normalized spacial score (nSPS) is 26.3. The van der Waals surface area contributed by atoms with E-state index in [0.29, 0.717) is 12.8 Å². The highest BCUT2D eigenvalue weighted by atomic mass is 16.5. The van der Waals surface area contributed by atoms with Gasteiger partial charge in [0.05, 0.1) is 24.3 Å². The highest BCUT2D eigenvalue weighted by Gasteiger charge is 2.47. The van der Waals surface area contributed by atoms with Crippen molar-refractivity contribution in [3.63, 3.8) is 0 Å². The van der Waals surface area contributed by atoms with Crippen LogP contribution in [0.1, 0.15) is 64.2 Å². The fourth-order valence-corrected chi connectivity index (χ4v) is 4.60. The molecule has 0 bridgehead atoms. The van der Waals surface area contributed by atoms with Crippen molar-refractivity contribution in [3.05, 3.63) is 0 Å². The predicted octanol–water partition coefficient (Wildman–Crippen LogP) is 1.44. The zero-order chi connectivity index (χ0) is 20.1. The van der Waals surface area contributed by atoms with Gasteiger partial charge in [-0.05, 0) is 25.7 Å². The minimum absolute atomic E-state index is 0.00669. The molecule has 1 aliphatic heterocycles. The van der Waals surface area contributed by atoms with Crippen molar-refractivity contribution in [2.24, 2.45) is 11.8 Å². The van der Waals surface area contributed by atoms with Crippen molar-refractivity contribution in [3.8, 4) is 6.07 Å². The van der Waals surface area contributed by atoms with Crippen LogP contribution in [0.25, 0.3) is 0 Å². The molecule has 3 aliphatic rings. The third-order valence-corrected chi connectivity index (χ3v) is 6.14. The third kappa shape index (κ3) is 4.34. The van der Waals surface area contributed by atoms with Crippen molar-refractivity contribution in [2.45, 2.75) is 69.7 Å². The average Bonchev–Trinajstić information content (AvgIpc) is 2.96. The number of hydrogen-bond acceptors (Lipinski definition) is 6. The molecule has 3 amide bonds. The molecule has 2 aliphatic carbocycles. The van der Waals surface area contributed by atoms with Gasteiger partial charge in [0.2, 0.25) is 11.8 Å². The number of fused-ring (bicyclic) bond motifs is 1. The Morgan fingerprint density at radius 1 is 1.07 bits per heavy atom. The molecule has 0 spiro atoms. The Bertz CT molecular complexity index is 668. The van der Waals surface area contributed by atoms with Crippen LogP contribution in [0.3, 0.4) is 0 Å². The number of carbonyl (C=O) groups excluding carboxylic acids is 4. The Morgan fingerprint density at radius 2 is 1.68 bits per heavy atom. The van der Waals surface area contributed by atoms with Gasteiger partial charge >= 0.3 is 5.97 Å². The zero-order valence-electron chi connectivity index (χ0n) is 16.1. The second-order valence-corrected chi connectivity index (χ2v) is 8.04. The Balaban J connectivity index is 1.42. The lowest BCUT2D eigenvalue weighted by atomic mass is 9.81. The maximum absolute atomic E-state index is 12.4. The van der Waals surface area contributed by atoms with Gasteiger partial charge in [-0.25, -0.2) is 0 Å². The van der Waals surface area contributed by atoms with E-state index in [-0.39, 0.29) is 36.6 Å². The van der Waals surface area contributed by atoms with Gasteiger partial charge in [-0.2, -0.15) is 5.26 Å². The molecule has 28 heavy (non-hydrogen) atoms. The van der Waals surface area contributed by atoms with Gasteiger partial charge in [-0.1, -0.05) is 32.1 Å². The van der Waals surface area contributed by atoms with E-state index in [2.05, 4.69) is 11.4 Å². The van der Waals surface area contributed by atoms with Crippen LogP contribution in [-0.4, -0.2) is 47.3 Å². The molecule has 0 aromatic heterocycles. The first-order valence-electron chi connectivity index (χ1n) is 10.2. The van der Waals surface area contributed by atoms with E-state index in [0.717, 1.165) is 44.9 Å². The smallest absolute Gasteiger partial charge is 0.308 e. The summed E-state index contributed by atoms with van der Waals surface area (Å²) in [6, 6.07) is 2.18. The van der Waals surface area contributed by atoms with E-state index in [9.17, 15) is 24.4 Å². The van der Waals surface area contributed by atoms with E-state index >= 15 is 0 Å². The van der Waals surface area contributed by atoms with Crippen LogP contribution in [0.4, 0.5) is 0 Å². The molecular formula is C20H27N3O5. The van der Waals surface area contributed by atoms with Gasteiger partial charge in [-0.15, -0.1) is 0 Å². The van der Waals surface area contributed by atoms with Crippen LogP contribution in [0.5, 0.6) is 0 Å². The van der Waals surface area contributed by atoms with Crippen molar-refractivity contribution in [2.75, 3.05) is 13.2 Å². The van der Waals surface area contributed by atoms with E-state index in [1.165, 1.54) is 4.90 Å². The monoisotopic (exact) mass is 389 g/mol. The standard InChI is InChI=1S/C20H27N3O5/c21-13-20(9-4-1-5-10-20)22-16(24)12-28-17(25)8-11-23-18(26)14-6-2-3-7-15(14)19(23)27/h14-15H,1-12H2,(H,22,24)/t14-,15-/m1/s1. The van der Waals surface area contributed by atoms with Gasteiger partial charge in [-0.3, -0.25) is 24.1 Å². The number of nitriles is 1. The molecule has 1 saturated heterocycles. The Labute approximate surface area is 164 Å². The Hall–Kier alpha value is -2.43. The summed E-state index contributed by atoms with van der Waals surface area (Å²) in [5, 5.41) is 12.1. The number of nitrogens with one attached hydrogen (secondary N) is 1. The maximum Gasteiger partial charge on any atom is 0.308 e. The van der Waals surface area contributed by atoms with Crippen LogP contribution < -0.4 is 5.32 Å². The number of imide groups is 1. The number of hydrogen-bond donors (Lipinski definition) is 1. The molecule has 0 aromatic rings. The molecule has 1 N–H and O–H groups in total.